The minimum absolute atomic E-state index is 0.492. The third kappa shape index (κ3) is 4.80. The van der Waals surface area contributed by atoms with Crippen molar-refractivity contribution in [1.82, 2.24) is 20.3 Å². The summed E-state index contributed by atoms with van der Waals surface area (Å²) in [5.41, 5.74) is 4.24. The molecule has 4 aromatic rings. The number of benzene rings is 2. The molecule has 0 saturated carbocycles. The molecule has 8 nitrogen and oxygen atoms in total. The maximum Gasteiger partial charge on any atom is 0.237 e. The number of aryl methyl sites for hydroxylation is 1. The van der Waals surface area contributed by atoms with Crippen LogP contribution in [0.25, 0.3) is 11.4 Å². The van der Waals surface area contributed by atoms with Crippen molar-refractivity contribution >= 4 is 33.9 Å². The summed E-state index contributed by atoms with van der Waals surface area (Å²) < 4.78 is 16.8. The molecule has 0 spiro atoms. The lowest BCUT2D eigenvalue weighted by atomic mass is 10.1. The maximum absolute atomic E-state index is 5.39. The molecular formula is C21H21N5O3S2. The van der Waals surface area contributed by atoms with Gasteiger partial charge in [-0.3, -0.25) is 0 Å². The molecule has 0 fully saturated rings. The van der Waals surface area contributed by atoms with Gasteiger partial charge in [0.25, 0.3) is 0 Å². The summed E-state index contributed by atoms with van der Waals surface area (Å²) in [7, 11) is 3.18. The van der Waals surface area contributed by atoms with E-state index in [4.69, 9.17) is 14.0 Å². The SMILES string of the molecule is COc1ccc(-c2noc(CSc3nnc(Nc4cccc(C)c4C)s3)n2)cc1OC. The zero-order valence-corrected chi connectivity index (χ0v) is 19.1. The van der Waals surface area contributed by atoms with Crippen LogP contribution in [0.3, 0.4) is 0 Å². The van der Waals surface area contributed by atoms with E-state index < -0.39 is 0 Å². The standard InChI is InChI=1S/C21H21N5O3S2/c1-12-6-5-7-15(13(12)2)22-20-24-25-21(31-20)30-11-18-23-19(26-29-18)14-8-9-16(27-3)17(10-14)28-4/h5-10H,11H2,1-4H3,(H,22,24). The normalized spacial score (nSPS) is 10.8. The molecule has 0 atom stereocenters. The predicted octanol–water partition coefficient (Wildman–Crippen LogP) is 5.26. The Hall–Kier alpha value is -3.11. The van der Waals surface area contributed by atoms with Crippen molar-refractivity contribution in [1.29, 1.82) is 0 Å². The number of methoxy groups -OCH3 is 2. The van der Waals surface area contributed by atoms with Gasteiger partial charge in [-0.25, -0.2) is 0 Å². The number of nitrogens with zero attached hydrogens (tertiary/aromatic N) is 4. The largest absolute Gasteiger partial charge is 0.493 e. The van der Waals surface area contributed by atoms with Gasteiger partial charge in [-0.2, -0.15) is 4.98 Å². The molecule has 0 amide bonds. The number of hydrogen-bond donors (Lipinski definition) is 1. The number of anilines is 2. The van der Waals surface area contributed by atoms with Crippen LogP contribution in [0, 0.1) is 13.8 Å². The zero-order chi connectivity index (χ0) is 21.8. The van der Waals surface area contributed by atoms with Crippen molar-refractivity contribution in [3.8, 4) is 22.9 Å². The Balaban J connectivity index is 1.40. The summed E-state index contributed by atoms with van der Waals surface area (Å²) >= 11 is 2.98. The van der Waals surface area contributed by atoms with Crippen LogP contribution in [0.1, 0.15) is 17.0 Å². The van der Waals surface area contributed by atoms with E-state index >= 15 is 0 Å². The van der Waals surface area contributed by atoms with Crippen LogP contribution in [0.2, 0.25) is 0 Å². The quantitative estimate of drug-likeness (QED) is 0.357. The Morgan fingerprint density at radius 1 is 1.06 bits per heavy atom. The number of thioether (sulfide) groups is 1. The molecular weight excluding hydrogens is 434 g/mol. The first-order valence-corrected chi connectivity index (χ1v) is 11.2. The average Bonchev–Trinajstić information content (AvgIpc) is 3.44. The molecule has 10 heteroatoms. The smallest absolute Gasteiger partial charge is 0.237 e. The second kappa shape index (κ2) is 9.36. The van der Waals surface area contributed by atoms with Crippen LogP contribution in [0.4, 0.5) is 10.8 Å². The van der Waals surface area contributed by atoms with Crippen molar-refractivity contribution in [2.24, 2.45) is 0 Å². The Labute approximate surface area is 188 Å². The van der Waals surface area contributed by atoms with Gasteiger partial charge < -0.3 is 19.3 Å². The van der Waals surface area contributed by atoms with Gasteiger partial charge in [0, 0.05) is 11.3 Å². The molecule has 160 valence electrons. The van der Waals surface area contributed by atoms with Gasteiger partial charge in [0.1, 0.15) is 0 Å². The number of ether oxygens (including phenoxy) is 2. The van der Waals surface area contributed by atoms with Gasteiger partial charge in [-0.05, 0) is 49.2 Å². The summed E-state index contributed by atoms with van der Waals surface area (Å²) in [6.45, 7) is 4.17. The molecule has 0 aliphatic carbocycles. The monoisotopic (exact) mass is 455 g/mol. The van der Waals surface area contributed by atoms with E-state index in [2.05, 4.69) is 45.6 Å². The molecule has 0 radical (unpaired) electrons. The highest BCUT2D eigenvalue weighted by Gasteiger charge is 2.14. The molecule has 0 bridgehead atoms. The van der Waals surface area contributed by atoms with Gasteiger partial charge in [0.05, 0.1) is 20.0 Å². The molecule has 4 rings (SSSR count). The highest BCUT2D eigenvalue weighted by atomic mass is 32.2. The highest BCUT2D eigenvalue weighted by Crippen LogP contribution is 2.33. The van der Waals surface area contributed by atoms with E-state index in [-0.39, 0.29) is 0 Å². The Kier molecular flexibility index (Phi) is 6.38. The summed E-state index contributed by atoms with van der Waals surface area (Å²) in [4.78, 5) is 4.47. The molecule has 2 aromatic heterocycles. The molecule has 0 unspecified atom stereocenters. The lowest BCUT2D eigenvalue weighted by Gasteiger charge is -2.08. The Morgan fingerprint density at radius 2 is 1.90 bits per heavy atom. The molecule has 31 heavy (non-hydrogen) atoms. The van der Waals surface area contributed by atoms with Crippen LogP contribution in [0.5, 0.6) is 11.5 Å². The number of hydrogen-bond acceptors (Lipinski definition) is 10. The molecule has 0 saturated heterocycles. The van der Waals surface area contributed by atoms with Crippen molar-refractivity contribution in [3.63, 3.8) is 0 Å². The Morgan fingerprint density at radius 3 is 2.71 bits per heavy atom. The van der Waals surface area contributed by atoms with Gasteiger partial charge in [-0.15, -0.1) is 10.2 Å². The van der Waals surface area contributed by atoms with Crippen LogP contribution >= 0.6 is 23.1 Å². The fraction of sp³-hybridized carbons (Fsp3) is 0.238. The number of rotatable bonds is 8. The van der Waals surface area contributed by atoms with Crippen LogP contribution in [-0.4, -0.2) is 34.6 Å². The molecule has 1 N–H and O–H groups in total. The van der Waals surface area contributed by atoms with Gasteiger partial charge in [0.2, 0.25) is 16.8 Å². The van der Waals surface area contributed by atoms with Crippen molar-refractivity contribution in [2.75, 3.05) is 19.5 Å². The van der Waals surface area contributed by atoms with Gasteiger partial charge in [0.15, 0.2) is 15.8 Å². The van der Waals surface area contributed by atoms with E-state index in [1.54, 1.807) is 14.2 Å². The minimum Gasteiger partial charge on any atom is -0.493 e. The number of aromatic nitrogens is 4. The summed E-state index contributed by atoms with van der Waals surface area (Å²) in [6.07, 6.45) is 0. The van der Waals surface area contributed by atoms with Crippen LogP contribution in [-0.2, 0) is 5.75 Å². The summed E-state index contributed by atoms with van der Waals surface area (Å²) in [6, 6.07) is 11.6. The molecule has 0 aliphatic rings. The minimum atomic E-state index is 0.492. The van der Waals surface area contributed by atoms with E-state index in [1.165, 1.54) is 34.2 Å². The third-order valence-electron chi connectivity index (χ3n) is 4.68. The van der Waals surface area contributed by atoms with Crippen LogP contribution < -0.4 is 14.8 Å². The fourth-order valence-electron chi connectivity index (χ4n) is 2.85. The summed E-state index contributed by atoms with van der Waals surface area (Å²) in [5, 5.41) is 16.6. The lowest BCUT2D eigenvalue weighted by molar-refractivity contribution is 0.355. The first-order chi connectivity index (χ1) is 15.1. The van der Waals surface area contributed by atoms with Gasteiger partial charge >= 0.3 is 0 Å². The summed E-state index contributed by atoms with van der Waals surface area (Å²) in [5.74, 6) is 2.75. The number of nitrogens with one attached hydrogen (secondary N) is 1. The third-order valence-corrected chi connectivity index (χ3v) is 6.64. The van der Waals surface area contributed by atoms with Crippen LogP contribution in [0.15, 0.2) is 45.3 Å². The van der Waals surface area contributed by atoms with E-state index in [0.717, 1.165) is 20.7 Å². The second-order valence-corrected chi connectivity index (χ2v) is 8.82. The highest BCUT2D eigenvalue weighted by molar-refractivity contribution is 8.00. The second-order valence-electron chi connectivity index (χ2n) is 6.62. The fourth-order valence-corrected chi connectivity index (χ4v) is 4.45. The van der Waals surface area contributed by atoms with Crippen molar-refractivity contribution in [2.45, 2.75) is 23.9 Å². The maximum atomic E-state index is 5.39. The van der Waals surface area contributed by atoms with E-state index in [1.807, 2.05) is 30.3 Å². The average molecular weight is 456 g/mol. The molecule has 2 aromatic carbocycles. The Bertz CT molecular complexity index is 1190. The van der Waals surface area contributed by atoms with E-state index in [0.29, 0.717) is 29.0 Å². The first-order valence-electron chi connectivity index (χ1n) is 9.42. The van der Waals surface area contributed by atoms with Gasteiger partial charge in [-0.1, -0.05) is 40.4 Å². The predicted molar refractivity (Wildman–Crippen MR) is 122 cm³/mol. The lowest BCUT2D eigenvalue weighted by Crippen LogP contribution is -1.94. The zero-order valence-electron chi connectivity index (χ0n) is 17.5. The van der Waals surface area contributed by atoms with E-state index in [9.17, 15) is 0 Å². The van der Waals surface area contributed by atoms with Crippen molar-refractivity contribution < 1.29 is 14.0 Å². The molecule has 0 aliphatic heterocycles. The van der Waals surface area contributed by atoms with Crippen molar-refractivity contribution in [3.05, 3.63) is 53.4 Å². The topological polar surface area (TPSA) is 95.2 Å². The first kappa shape index (κ1) is 21.1. The molecule has 2 heterocycles.